The molecular formula is C18H18BrNO4. The number of esters is 1. The molecule has 3 aliphatic rings. The van der Waals surface area contributed by atoms with Crippen LogP contribution in [0.5, 0.6) is 0 Å². The monoisotopic (exact) mass is 391 g/mol. The molecule has 0 unspecified atom stereocenters. The third-order valence-electron chi connectivity index (χ3n) is 5.42. The number of amides is 1. The highest BCUT2D eigenvalue weighted by Gasteiger charge is 2.67. The molecule has 1 aromatic carbocycles. The lowest BCUT2D eigenvalue weighted by atomic mass is 9.77. The van der Waals surface area contributed by atoms with Gasteiger partial charge in [-0.05, 0) is 24.6 Å². The van der Waals surface area contributed by atoms with Crippen LogP contribution >= 0.6 is 15.9 Å². The number of likely N-dealkylation sites (tertiary alicyclic amines) is 1. The molecule has 0 aromatic heterocycles. The Balaban J connectivity index is 1.65. The van der Waals surface area contributed by atoms with Crippen LogP contribution in [0.4, 0.5) is 0 Å². The number of fused-ring (bicyclic) bond motifs is 1. The predicted octanol–water partition coefficient (Wildman–Crippen LogP) is 2.47. The average molecular weight is 392 g/mol. The van der Waals surface area contributed by atoms with Gasteiger partial charge in [0.25, 0.3) is 0 Å². The first-order valence-electron chi connectivity index (χ1n) is 7.98. The largest absolute Gasteiger partial charge is 0.469 e. The number of methoxy groups -OCH3 is 1. The van der Waals surface area contributed by atoms with Gasteiger partial charge in [-0.3, -0.25) is 9.59 Å². The first-order valence-corrected chi connectivity index (χ1v) is 8.77. The van der Waals surface area contributed by atoms with E-state index in [1.165, 1.54) is 7.11 Å². The van der Waals surface area contributed by atoms with Crippen LogP contribution in [-0.2, 0) is 19.1 Å². The summed E-state index contributed by atoms with van der Waals surface area (Å²) in [7, 11) is 1.35. The van der Waals surface area contributed by atoms with Crippen LogP contribution < -0.4 is 0 Å². The Morgan fingerprint density at radius 1 is 1.42 bits per heavy atom. The van der Waals surface area contributed by atoms with Crippen molar-refractivity contribution >= 4 is 27.8 Å². The number of nitrogens with zero attached hydrogens (tertiary/aromatic N) is 1. The number of rotatable bonds is 3. The number of carbonyl (C=O) groups is 2. The third kappa shape index (κ3) is 2.09. The molecule has 3 heterocycles. The minimum Gasteiger partial charge on any atom is -0.469 e. The SMILES string of the molecule is COC(=O)[C@H]1[C@H]2C=C[C@@]3(CN([C@@H](C)c4ccc(Br)cc4)C(=O)[C@@H]13)O2. The fraction of sp³-hybridized carbons (Fsp3) is 0.444. The zero-order chi connectivity index (χ0) is 17.1. The summed E-state index contributed by atoms with van der Waals surface area (Å²) < 4.78 is 11.9. The van der Waals surface area contributed by atoms with Crippen molar-refractivity contribution in [3.8, 4) is 0 Å². The van der Waals surface area contributed by atoms with Crippen molar-refractivity contribution in [3.05, 3.63) is 46.5 Å². The zero-order valence-electron chi connectivity index (χ0n) is 13.4. The molecule has 1 amide bonds. The van der Waals surface area contributed by atoms with E-state index in [4.69, 9.17) is 9.47 Å². The number of hydrogen-bond acceptors (Lipinski definition) is 4. The van der Waals surface area contributed by atoms with Crippen LogP contribution in [0, 0.1) is 11.8 Å². The van der Waals surface area contributed by atoms with E-state index in [1.54, 1.807) is 0 Å². The molecule has 6 heteroatoms. The molecule has 1 spiro atoms. The van der Waals surface area contributed by atoms with Crippen molar-refractivity contribution in [2.45, 2.75) is 24.7 Å². The topological polar surface area (TPSA) is 55.8 Å². The maximum Gasteiger partial charge on any atom is 0.312 e. The van der Waals surface area contributed by atoms with Gasteiger partial charge in [0.05, 0.1) is 31.7 Å². The van der Waals surface area contributed by atoms with Gasteiger partial charge in [0, 0.05) is 4.47 Å². The van der Waals surface area contributed by atoms with Crippen molar-refractivity contribution in [2.24, 2.45) is 11.8 Å². The van der Waals surface area contributed by atoms with Gasteiger partial charge in [-0.25, -0.2) is 0 Å². The summed E-state index contributed by atoms with van der Waals surface area (Å²) in [6, 6.07) is 7.84. The Morgan fingerprint density at radius 3 is 2.79 bits per heavy atom. The van der Waals surface area contributed by atoms with Gasteiger partial charge >= 0.3 is 5.97 Å². The van der Waals surface area contributed by atoms with Crippen LogP contribution in [0.3, 0.4) is 0 Å². The van der Waals surface area contributed by atoms with Gasteiger partial charge in [0.2, 0.25) is 5.91 Å². The molecular weight excluding hydrogens is 374 g/mol. The Morgan fingerprint density at radius 2 is 2.12 bits per heavy atom. The summed E-state index contributed by atoms with van der Waals surface area (Å²) in [5.74, 6) is -1.44. The molecule has 0 N–H and O–H groups in total. The van der Waals surface area contributed by atoms with Crippen LogP contribution in [0.1, 0.15) is 18.5 Å². The molecule has 1 aromatic rings. The van der Waals surface area contributed by atoms with E-state index in [0.29, 0.717) is 6.54 Å². The van der Waals surface area contributed by atoms with E-state index in [0.717, 1.165) is 10.0 Å². The second-order valence-corrected chi connectivity index (χ2v) is 7.53. The third-order valence-corrected chi connectivity index (χ3v) is 5.95. The molecule has 24 heavy (non-hydrogen) atoms. The number of halogens is 1. The summed E-state index contributed by atoms with van der Waals surface area (Å²) in [5, 5.41) is 0. The van der Waals surface area contributed by atoms with Crippen LogP contribution in [0.15, 0.2) is 40.9 Å². The lowest BCUT2D eigenvalue weighted by Crippen LogP contribution is -2.39. The predicted molar refractivity (Wildman–Crippen MR) is 90.0 cm³/mol. The van der Waals surface area contributed by atoms with Crippen molar-refractivity contribution in [1.82, 2.24) is 4.90 Å². The van der Waals surface area contributed by atoms with Gasteiger partial charge in [-0.1, -0.05) is 40.2 Å². The van der Waals surface area contributed by atoms with Crippen molar-refractivity contribution in [3.63, 3.8) is 0 Å². The molecule has 0 aliphatic carbocycles. The quantitative estimate of drug-likeness (QED) is 0.586. The number of ether oxygens (including phenoxy) is 2. The Kier molecular flexibility index (Phi) is 3.58. The highest BCUT2D eigenvalue weighted by atomic mass is 79.9. The molecule has 4 rings (SSSR count). The Bertz CT molecular complexity index is 731. The minimum absolute atomic E-state index is 0.0346. The van der Waals surface area contributed by atoms with Gasteiger partial charge in [-0.15, -0.1) is 0 Å². The smallest absolute Gasteiger partial charge is 0.312 e. The minimum atomic E-state index is -0.690. The molecule has 5 atom stereocenters. The first-order chi connectivity index (χ1) is 11.5. The van der Waals surface area contributed by atoms with Crippen LogP contribution in [-0.4, -0.2) is 42.1 Å². The lowest BCUT2D eigenvalue weighted by Gasteiger charge is -2.27. The van der Waals surface area contributed by atoms with E-state index in [-0.39, 0.29) is 24.0 Å². The molecule has 0 saturated carbocycles. The maximum absolute atomic E-state index is 13.1. The van der Waals surface area contributed by atoms with Gasteiger partial charge in [0.1, 0.15) is 11.5 Å². The summed E-state index contributed by atoms with van der Waals surface area (Å²) in [6.07, 6.45) is 3.49. The van der Waals surface area contributed by atoms with E-state index in [2.05, 4.69) is 15.9 Å². The first kappa shape index (κ1) is 15.8. The maximum atomic E-state index is 13.1. The van der Waals surface area contributed by atoms with Crippen molar-refractivity contribution < 1.29 is 19.1 Å². The molecule has 3 aliphatic heterocycles. The molecule has 5 nitrogen and oxygen atoms in total. The normalized spacial score (nSPS) is 34.5. The highest BCUT2D eigenvalue weighted by molar-refractivity contribution is 9.10. The average Bonchev–Trinajstić information content (AvgIpc) is 3.22. The summed E-state index contributed by atoms with van der Waals surface area (Å²) >= 11 is 3.43. The Hall–Kier alpha value is -1.66. The van der Waals surface area contributed by atoms with Gasteiger partial charge < -0.3 is 14.4 Å². The van der Waals surface area contributed by atoms with Gasteiger partial charge in [-0.2, -0.15) is 0 Å². The van der Waals surface area contributed by atoms with Crippen molar-refractivity contribution in [1.29, 1.82) is 0 Å². The second kappa shape index (κ2) is 5.43. The molecule has 2 fully saturated rings. The summed E-state index contributed by atoms with van der Waals surface area (Å²) in [6.45, 7) is 2.47. The van der Waals surface area contributed by atoms with Crippen molar-refractivity contribution in [2.75, 3.05) is 13.7 Å². The van der Waals surface area contributed by atoms with E-state index in [1.807, 2.05) is 48.2 Å². The fourth-order valence-electron chi connectivity index (χ4n) is 4.18. The fourth-order valence-corrected chi connectivity index (χ4v) is 4.45. The molecule has 126 valence electrons. The van der Waals surface area contributed by atoms with E-state index < -0.39 is 17.4 Å². The van der Waals surface area contributed by atoms with Crippen LogP contribution in [0.25, 0.3) is 0 Å². The molecule has 2 bridgehead atoms. The summed E-state index contributed by atoms with van der Waals surface area (Å²) in [4.78, 5) is 27.1. The number of benzene rings is 1. The Labute approximate surface area is 148 Å². The number of hydrogen-bond donors (Lipinski definition) is 0. The van der Waals surface area contributed by atoms with E-state index >= 15 is 0 Å². The van der Waals surface area contributed by atoms with Gasteiger partial charge in [0.15, 0.2) is 0 Å². The molecule has 2 saturated heterocycles. The molecule has 0 radical (unpaired) electrons. The zero-order valence-corrected chi connectivity index (χ0v) is 15.0. The van der Waals surface area contributed by atoms with Crippen LogP contribution in [0.2, 0.25) is 0 Å². The standard InChI is InChI=1S/C18H18BrNO4/c1-10(11-3-5-12(19)6-4-11)20-9-18-8-7-13(24-18)14(17(22)23-2)15(18)16(20)21/h3-8,10,13-15H,9H2,1-2H3/t10-,13+,14-,15+,18-/m0/s1. The second-order valence-electron chi connectivity index (χ2n) is 6.62. The number of carbonyl (C=O) groups excluding carboxylic acids is 2. The van der Waals surface area contributed by atoms with E-state index in [9.17, 15) is 9.59 Å². The highest BCUT2D eigenvalue weighted by Crippen LogP contribution is 2.53. The lowest BCUT2D eigenvalue weighted by molar-refractivity contribution is -0.151. The summed E-state index contributed by atoms with van der Waals surface area (Å²) in [5.41, 5.74) is 0.362.